The van der Waals surface area contributed by atoms with Gasteiger partial charge >= 0.3 is 0 Å². The van der Waals surface area contributed by atoms with Gasteiger partial charge in [-0.3, -0.25) is 9.59 Å². The summed E-state index contributed by atoms with van der Waals surface area (Å²) in [5.41, 5.74) is 1.85. The predicted octanol–water partition coefficient (Wildman–Crippen LogP) is 3.05. The van der Waals surface area contributed by atoms with Crippen molar-refractivity contribution in [2.24, 2.45) is 0 Å². The number of methoxy groups -OCH3 is 1. The predicted molar refractivity (Wildman–Crippen MR) is 95.1 cm³/mol. The number of amides is 2. The van der Waals surface area contributed by atoms with Gasteiger partial charge in [0.25, 0.3) is 5.91 Å². The smallest absolute Gasteiger partial charge is 0.253 e. The number of rotatable bonds is 5. The van der Waals surface area contributed by atoms with Gasteiger partial charge in [-0.2, -0.15) is 0 Å². The average molecular weight is 324 g/mol. The van der Waals surface area contributed by atoms with Crippen LogP contribution in [0.1, 0.15) is 15.9 Å². The number of carbonyl (C=O) groups excluding carboxylic acids is 2. The molecule has 0 aliphatic carbocycles. The molecule has 2 aromatic rings. The van der Waals surface area contributed by atoms with Crippen LogP contribution in [0.2, 0.25) is 0 Å². The van der Waals surface area contributed by atoms with Crippen molar-refractivity contribution in [1.82, 2.24) is 4.90 Å². The highest BCUT2D eigenvalue weighted by molar-refractivity contribution is 6.04. The Hall–Kier alpha value is -3.08. The first-order valence-corrected chi connectivity index (χ1v) is 7.45. The molecular formula is C19H20N2O3. The summed E-state index contributed by atoms with van der Waals surface area (Å²) in [4.78, 5) is 25.6. The second-order valence-corrected chi connectivity index (χ2v) is 5.35. The van der Waals surface area contributed by atoms with Gasteiger partial charge in [-0.25, -0.2) is 0 Å². The number of carbonyl (C=O) groups is 2. The first kappa shape index (κ1) is 17.3. The summed E-state index contributed by atoms with van der Waals surface area (Å²) in [6, 6.07) is 14.4. The van der Waals surface area contributed by atoms with E-state index in [1.54, 1.807) is 38.4 Å². The molecule has 5 nitrogen and oxygen atoms in total. The molecule has 5 heteroatoms. The summed E-state index contributed by atoms with van der Waals surface area (Å²) in [7, 11) is 4.86. The Balaban J connectivity index is 2.18. The fourth-order valence-electron chi connectivity index (χ4n) is 2.11. The van der Waals surface area contributed by atoms with E-state index in [9.17, 15) is 9.59 Å². The van der Waals surface area contributed by atoms with E-state index in [0.717, 1.165) is 5.56 Å². The maximum absolute atomic E-state index is 12.1. The number of nitrogens with zero attached hydrogens (tertiary/aromatic N) is 1. The lowest BCUT2D eigenvalue weighted by molar-refractivity contribution is -0.111. The zero-order chi connectivity index (χ0) is 17.5. The molecule has 0 aliphatic rings. The molecule has 0 radical (unpaired) electrons. The van der Waals surface area contributed by atoms with Gasteiger partial charge in [0.05, 0.1) is 12.8 Å². The molecule has 2 aromatic carbocycles. The maximum Gasteiger partial charge on any atom is 0.253 e. The fraction of sp³-hybridized carbons (Fsp3) is 0.158. The van der Waals surface area contributed by atoms with Crippen molar-refractivity contribution >= 4 is 23.6 Å². The van der Waals surface area contributed by atoms with Crippen molar-refractivity contribution in [3.05, 3.63) is 65.7 Å². The van der Waals surface area contributed by atoms with Crippen LogP contribution < -0.4 is 10.1 Å². The third-order valence-electron chi connectivity index (χ3n) is 3.34. The molecule has 0 spiro atoms. The SMILES string of the molecule is COc1ccc(C(=O)N(C)C)cc1NC(=O)/C=C/c1ccccc1. The Labute approximate surface area is 141 Å². The summed E-state index contributed by atoms with van der Waals surface area (Å²) < 4.78 is 5.24. The number of ether oxygens (including phenoxy) is 1. The van der Waals surface area contributed by atoms with Gasteiger partial charge in [0.15, 0.2) is 0 Å². The summed E-state index contributed by atoms with van der Waals surface area (Å²) in [6.45, 7) is 0. The van der Waals surface area contributed by atoms with Gasteiger partial charge in [0.1, 0.15) is 5.75 Å². The minimum absolute atomic E-state index is 0.145. The van der Waals surface area contributed by atoms with Crippen molar-refractivity contribution in [3.63, 3.8) is 0 Å². The second kappa shape index (κ2) is 7.97. The van der Waals surface area contributed by atoms with Gasteiger partial charge < -0.3 is 15.0 Å². The minimum Gasteiger partial charge on any atom is -0.495 e. The van der Waals surface area contributed by atoms with Crippen molar-refractivity contribution in [1.29, 1.82) is 0 Å². The Morgan fingerprint density at radius 3 is 2.42 bits per heavy atom. The van der Waals surface area contributed by atoms with E-state index < -0.39 is 0 Å². The molecular weight excluding hydrogens is 304 g/mol. The topological polar surface area (TPSA) is 58.6 Å². The van der Waals surface area contributed by atoms with Crippen molar-refractivity contribution in [3.8, 4) is 5.75 Å². The Bertz CT molecular complexity index is 752. The van der Waals surface area contributed by atoms with Crippen LogP contribution in [0.4, 0.5) is 5.69 Å². The van der Waals surface area contributed by atoms with Gasteiger partial charge in [0, 0.05) is 25.7 Å². The summed E-state index contributed by atoms with van der Waals surface area (Å²) >= 11 is 0. The van der Waals surface area contributed by atoms with Gasteiger partial charge in [0.2, 0.25) is 5.91 Å². The van der Waals surface area contributed by atoms with Crippen molar-refractivity contribution in [2.75, 3.05) is 26.5 Å². The van der Waals surface area contributed by atoms with E-state index >= 15 is 0 Å². The van der Waals surface area contributed by atoms with Crippen LogP contribution in [0, 0.1) is 0 Å². The van der Waals surface area contributed by atoms with E-state index in [0.29, 0.717) is 17.0 Å². The van der Waals surface area contributed by atoms with Crippen molar-refractivity contribution < 1.29 is 14.3 Å². The lowest BCUT2D eigenvalue weighted by Crippen LogP contribution is -2.22. The highest BCUT2D eigenvalue weighted by atomic mass is 16.5. The quantitative estimate of drug-likeness (QED) is 0.860. The Morgan fingerprint density at radius 2 is 1.79 bits per heavy atom. The molecule has 0 atom stereocenters. The van der Waals surface area contributed by atoms with E-state index in [1.165, 1.54) is 18.1 Å². The summed E-state index contributed by atoms with van der Waals surface area (Å²) in [5.74, 6) is 0.0475. The van der Waals surface area contributed by atoms with Crippen molar-refractivity contribution in [2.45, 2.75) is 0 Å². The minimum atomic E-state index is -0.299. The number of benzene rings is 2. The molecule has 0 aliphatic heterocycles. The first-order valence-electron chi connectivity index (χ1n) is 7.45. The highest BCUT2D eigenvalue weighted by Crippen LogP contribution is 2.26. The van der Waals surface area contributed by atoms with Crippen LogP contribution in [-0.4, -0.2) is 37.9 Å². The molecule has 0 fully saturated rings. The molecule has 2 amide bonds. The van der Waals surface area contributed by atoms with Gasteiger partial charge in [-0.1, -0.05) is 30.3 Å². The standard InChI is InChI=1S/C19H20N2O3/c1-21(2)19(23)15-10-11-17(24-3)16(13-15)20-18(22)12-9-14-7-5-4-6-8-14/h4-13H,1-3H3,(H,20,22)/b12-9+. The van der Waals surface area contributed by atoms with Crippen LogP contribution in [0.5, 0.6) is 5.75 Å². The average Bonchev–Trinajstić information content (AvgIpc) is 2.60. The third-order valence-corrected chi connectivity index (χ3v) is 3.34. The summed E-state index contributed by atoms with van der Waals surface area (Å²) in [5, 5.41) is 2.74. The Kier molecular flexibility index (Phi) is 5.73. The monoisotopic (exact) mass is 324 g/mol. The number of hydrogen-bond donors (Lipinski definition) is 1. The molecule has 0 bridgehead atoms. The second-order valence-electron chi connectivity index (χ2n) is 5.35. The maximum atomic E-state index is 12.1. The highest BCUT2D eigenvalue weighted by Gasteiger charge is 2.12. The zero-order valence-electron chi connectivity index (χ0n) is 13.9. The van der Waals surface area contributed by atoms with Crippen LogP contribution in [0.3, 0.4) is 0 Å². The van der Waals surface area contributed by atoms with E-state index in [2.05, 4.69) is 5.32 Å². The number of hydrogen-bond acceptors (Lipinski definition) is 3. The van der Waals surface area contributed by atoms with Crippen LogP contribution in [-0.2, 0) is 4.79 Å². The zero-order valence-corrected chi connectivity index (χ0v) is 13.9. The first-order chi connectivity index (χ1) is 11.5. The number of nitrogens with one attached hydrogen (secondary N) is 1. The van der Waals surface area contributed by atoms with Crippen LogP contribution in [0.15, 0.2) is 54.6 Å². The molecule has 0 saturated carbocycles. The van der Waals surface area contributed by atoms with E-state index in [4.69, 9.17) is 4.74 Å². The normalized spacial score (nSPS) is 10.5. The molecule has 1 N–H and O–H groups in total. The molecule has 24 heavy (non-hydrogen) atoms. The number of anilines is 1. The van der Waals surface area contributed by atoms with Crippen LogP contribution >= 0.6 is 0 Å². The molecule has 0 unspecified atom stereocenters. The molecule has 0 saturated heterocycles. The fourth-order valence-corrected chi connectivity index (χ4v) is 2.11. The molecule has 0 aromatic heterocycles. The lowest BCUT2D eigenvalue weighted by atomic mass is 10.1. The van der Waals surface area contributed by atoms with E-state index in [-0.39, 0.29) is 11.8 Å². The summed E-state index contributed by atoms with van der Waals surface area (Å²) in [6.07, 6.45) is 3.16. The van der Waals surface area contributed by atoms with Gasteiger partial charge in [-0.05, 0) is 29.8 Å². The van der Waals surface area contributed by atoms with E-state index in [1.807, 2.05) is 30.3 Å². The molecule has 124 valence electrons. The molecule has 2 rings (SSSR count). The Morgan fingerprint density at radius 1 is 1.08 bits per heavy atom. The van der Waals surface area contributed by atoms with Gasteiger partial charge in [-0.15, -0.1) is 0 Å². The third kappa shape index (κ3) is 4.46. The van der Waals surface area contributed by atoms with Crippen LogP contribution in [0.25, 0.3) is 6.08 Å². The molecule has 0 heterocycles. The largest absolute Gasteiger partial charge is 0.495 e. The lowest BCUT2D eigenvalue weighted by Gasteiger charge is -2.14.